The van der Waals surface area contributed by atoms with Gasteiger partial charge in [0.1, 0.15) is 5.75 Å². The fraction of sp³-hybridized carbons (Fsp3) is 0.290. The third kappa shape index (κ3) is 9.41. The molecule has 0 aliphatic rings. The van der Waals surface area contributed by atoms with Crippen LogP contribution in [0.4, 0.5) is 43.9 Å². The highest BCUT2D eigenvalue weighted by molar-refractivity contribution is 5.62. The number of halogens is 10. The minimum absolute atomic E-state index is 0.0126. The van der Waals surface area contributed by atoms with Gasteiger partial charge in [0, 0.05) is 23.6 Å². The molecule has 0 unspecified atom stereocenters. The van der Waals surface area contributed by atoms with Crippen LogP contribution in [0.25, 0.3) is 33.8 Å². The number of rotatable bonds is 6. The average Bonchev–Trinajstić information content (AvgIpc) is 3.64. The lowest BCUT2D eigenvalue weighted by Gasteiger charge is -2.11. The lowest BCUT2D eigenvalue weighted by molar-refractivity contribution is -0.274. The van der Waals surface area contributed by atoms with Crippen molar-refractivity contribution >= 4 is 11.3 Å². The van der Waals surface area contributed by atoms with Crippen LogP contribution in [-0.4, -0.2) is 51.9 Å². The lowest BCUT2D eigenvalue weighted by Crippen LogP contribution is -2.17. The largest absolute Gasteiger partial charge is 0.573 e. The van der Waals surface area contributed by atoms with Gasteiger partial charge in [-0.2, -0.15) is 32.4 Å². The van der Waals surface area contributed by atoms with E-state index in [-0.39, 0.29) is 28.5 Å². The molecule has 4 heterocycles. The van der Waals surface area contributed by atoms with Gasteiger partial charge in [-0.3, -0.25) is 0 Å². The Balaban J connectivity index is 0.000000215. The summed E-state index contributed by atoms with van der Waals surface area (Å²) >= 11 is 0. The Morgan fingerprint density at radius 1 is 0.580 bits per heavy atom. The Hall–Kier alpha value is -5.36. The van der Waals surface area contributed by atoms with E-state index >= 15 is 0 Å². The van der Waals surface area contributed by atoms with Crippen molar-refractivity contribution in [3.63, 3.8) is 0 Å². The average molecular weight is 717 g/mol. The van der Waals surface area contributed by atoms with Crippen molar-refractivity contribution in [3.05, 3.63) is 90.0 Å². The van der Waals surface area contributed by atoms with Crippen LogP contribution in [0.3, 0.4) is 0 Å². The van der Waals surface area contributed by atoms with Gasteiger partial charge in [-0.15, -0.1) is 33.6 Å². The molecular weight excluding hydrogens is 690 g/mol. The molecule has 0 aliphatic heterocycles. The summed E-state index contributed by atoms with van der Waals surface area (Å²) in [6, 6.07) is 16.1. The number of hydrogen-bond donors (Lipinski definition) is 0. The van der Waals surface area contributed by atoms with Gasteiger partial charge in [0.25, 0.3) is 17.7 Å². The molecule has 0 N–H and O–H groups in total. The third-order valence-electron chi connectivity index (χ3n) is 6.38. The van der Waals surface area contributed by atoms with Gasteiger partial charge in [0.05, 0.1) is 17.8 Å². The second-order valence-electron chi connectivity index (χ2n) is 10.4. The molecule has 266 valence electrons. The lowest BCUT2D eigenvalue weighted by atomic mass is 10.1. The first-order valence-corrected chi connectivity index (χ1v) is 14.5. The predicted octanol–water partition coefficient (Wildman–Crippen LogP) is 8.84. The van der Waals surface area contributed by atoms with Gasteiger partial charge in [-0.1, -0.05) is 38.1 Å². The van der Waals surface area contributed by atoms with Crippen LogP contribution in [0, 0.1) is 0 Å². The molecular formula is C31H26F10N8O. The van der Waals surface area contributed by atoms with E-state index in [2.05, 4.69) is 35.3 Å². The SMILES string of the molecule is CC.CC(F)(F)Cc1nnc2ccc(-c3ccc(OC(F)(F)F)cc3)nn12.CC(F)(F)c1ccc(-c2ccc3nnc(C(F)(F)F)n3n2)cc1. The zero-order valence-electron chi connectivity index (χ0n) is 26.4. The first-order valence-electron chi connectivity index (χ1n) is 14.5. The van der Waals surface area contributed by atoms with Gasteiger partial charge in [-0.05, 0) is 55.5 Å². The number of alkyl halides is 10. The molecule has 0 amide bonds. The van der Waals surface area contributed by atoms with E-state index in [9.17, 15) is 43.9 Å². The van der Waals surface area contributed by atoms with Crippen molar-refractivity contribution in [2.75, 3.05) is 0 Å². The summed E-state index contributed by atoms with van der Waals surface area (Å²) < 4.78 is 133. The second-order valence-corrected chi connectivity index (χ2v) is 10.4. The molecule has 2 aromatic carbocycles. The fourth-order valence-corrected chi connectivity index (χ4v) is 4.26. The van der Waals surface area contributed by atoms with E-state index in [1.807, 2.05) is 13.8 Å². The van der Waals surface area contributed by atoms with Crippen LogP contribution in [0.2, 0.25) is 0 Å². The van der Waals surface area contributed by atoms with E-state index in [0.29, 0.717) is 27.0 Å². The number of aromatic nitrogens is 8. The first-order chi connectivity index (χ1) is 23.3. The highest BCUT2D eigenvalue weighted by Crippen LogP contribution is 2.31. The van der Waals surface area contributed by atoms with Crippen LogP contribution in [0.15, 0.2) is 72.8 Å². The predicted molar refractivity (Wildman–Crippen MR) is 159 cm³/mol. The number of nitrogens with zero attached hydrogens (tertiary/aromatic N) is 8. The molecule has 50 heavy (non-hydrogen) atoms. The molecule has 0 spiro atoms. The Labute approximate surface area is 276 Å². The summed E-state index contributed by atoms with van der Waals surface area (Å²) in [6.45, 7) is 5.52. The van der Waals surface area contributed by atoms with Crippen molar-refractivity contribution in [2.45, 2.75) is 58.5 Å². The van der Waals surface area contributed by atoms with Crippen molar-refractivity contribution in [1.82, 2.24) is 39.6 Å². The maximum Gasteiger partial charge on any atom is 0.573 e. The molecule has 6 rings (SSSR count). The van der Waals surface area contributed by atoms with Crippen LogP contribution in [-0.2, 0) is 18.5 Å². The molecule has 0 aliphatic carbocycles. The van der Waals surface area contributed by atoms with Gasteiger partial charge in [-0.25, -0.2) is 17.6 Å². The molecule has 0 radical (unpaired) electrons. The zero-order valence-corrected chi connectivity index (χ0v) is 26.4. The van der Waals surface area contributed by atoms with E-state index in [4.69, 9.17) is 0 Å². The minimum Gasteiger partial charge on any atom is -0.406 e. The molecule has 9 nitrogen and oxygen atoms in total. The highest BCUT2D eigenvalue weighted by atomic mass is 19.4. The normalized spacial score (nSPS) is 12.3. The molecule has 0 saturated carbocycles. The van der Waals surface area contributed by atoms with Crippen LogP contribution < -0.4 is 4.74 Å². The zero-order chi connectivity index (χ0) is 37.1. The Morgan fingerprint density at radius 2 is 1.06 bits per heavy atom. The second kappa shape index (κ2) is 14.2. The smallest absolute Gasteiger partial charge is 0.406 e. The van der Waals surface area contributed by atoms with Gasteiger partial charge in [0.2, 0.25) is 0 Å². The van der Waals surface area contributed by atoms with Crippen molar-refractivity contribution in [2.24, 2.45) is 0 Å². The third-order valence-corrected chi connectivity index (χ3v) is 6.38. The number of ether oxygens (including phenoxy) is 1. The van der Waals surface area contributed by atoms with E-state index in [0.717, 1.165) is 26.0 Å². The van der Waals surface area contributed by atoms with Crippen molar-refractivity contribution in [1.29, 1.82) is 0 Å². The van der Waals surface area contributed by atoms with Crippen LogP contribution in [0.1, 0.15) is 44.9 Å². The Bertz CT molecular complexity index is 2030. The Morgan fingerprint density at radius 3 is 1.54 bits per heavy atom. The fourth-order valence-electron chi connectivity index (χ4n) is 4.26. The first kappa shape index (κ1) is 37.5. The number of benzene rings is 2. The molecule has 0 fully saturated rings. The summed E-state index contributed by atoms with van der Waals surface area (Å²) in [5, 5.41) is 22.0. The van der Waals surface area contributed by atoms with Gasteiger partial charge >= 0.3 is 12.5 Å². The van der Waals surface area contributed by atoms with Crippen LogP contribution in [0.5, 0.6) is 5.75 Å². The minimum atomic E-state index is -4.78. The molecule has 0 saturated heterocycles. The van der Waals surface area contributed by atoms with Gasteiger partial charge < -0.3 is 4.74 Å². The molecule has 0 bridgehead atoms. The standard InChI is InChI=1S/C15H11F5N4O.C14H9F5N4.C2H6/c1-14(16,17)8-13-22-21-12-7-6-11(23-24(12)13)9-2-4-10(5-3-9)25-15(18,19)20;1-13(15,16)9-4-2-8(3-5-9)10-6-7-11-20-21-12(14(17,18)19)23(11)22-10;1-2/h2-7H,8H2,1H3;2-7H,1H3;1-2H3. The summed E-state index contributed by atoms with van der Waals surface area (Å²) in [4.78, 5) is 0. The summed E-state index contributed by atoms with van der Waals surface area (Å²) in [7, 11) is 0. The Kier molecular flexibility index (Phi) is 10.7. The number of fused-ring (bicyclic) bond motifs is 2. The van der Waals surface area contributed by atoms with E-state index < -0.39 is 36.6 Å². The van der Waals surface area contributed by atoms with Crippen LogP contribution >= 0.6 is 0 Å². The summed E-state index contributed by atoms with van der Waals surface area (Å²) in [5.41, 5.74) is 1.49. The molecule has 19 heteroatoms. The molecule has 6 aromatic rings. The van der Waals surface area contributed by atoms with Crippen molar-refractivity contribution in [3.8, 4) is 28.3 Å². The maximum absolute atomic E-state index is 13.2. The molecule has 0 atom stereocenters. The quantitative estimate of drug-likeness (QED) is 0.159. The summed E-state index contributed by atoms with van der Waals surface area (Å²) in [6.07, 6.45) is -10.1. The monoisotopic (exact) mass is 716 g/mol. The maximum atomic E-state index is 13.2. The topological polar surface area (TPSA) is 95.4 Å². The van der Waals surface area contributed by atoms with E-state index in [1.54, 1.807) is 6.07 Å². The summed E-state index contributed by atoms with van der Waals surface area (Å²) in [5.74, 6) is -7.59. The molecule has 4 aromatic heterocycles. The van der Waals surface area contributed by atoms with Gasteiger partial charge in [0.15, 0.2) is 17.1 Å². The highest BCUT2D eigenvalue weighted by Gasteiger charge is 2.38. The number of hydrogen-bond acceptors (Lipinski definition) is 7. The van der Waals surface area contributed by atoms with E-state index in [1.165, 1.54) is 59.1 Å². The van der Waals surface area contributed by atoms with Crippen molar-refractivity contribution < 1.29 is 48.6 Å².